The molecule has 0 aromatic heterocycles. The molecule has 0 radical (unpaired) electrons. The van der Waals surface area contributed by atoms with Crippen LogP contribution in [0.5, 0.6) is 0 Å². The van der Waals surface area contributed by atoms with Gasteiger partial charge < -0.3 is 33.8 Å². The molecule has 0 spiro atoms. The highest BCUT2D eigenvalue weighted by molar-refractivity contribution is 7.47. The first-order valence-corrected chi connectivity index (χ1v) is 40.8. The Labute approximate surface area is 562 Å². The van der Waals surface area contributed by atoms with Gasteiger partial charge in [-0.05, 0) is 43.4 Å². The molecule has 19 heteroatoms. The van der Waals surface area contributed by atoms with E-state index in [4.69, 9.17) is 37.0 Å². The van der Waals surface area contributed by atoms with Crippen LogP contribution in [0.3, 0.4) is 0 Å². The van der Waals surface area contributed by atoms with Gasteiger partial charge in [0.2, 0.25) is 0 Å². The van der Waals surface area contributed by atoms with E-state index >= 15 is 0 Å². The molecule has 0 fully saturated rings. The molecule has 0 saturated carbocycles. The second kappa shape index (κ2) is 63.8. The first-order valence-electron chi connectivity index (χ1n) is 37.8. The summed E-state index contributed by atoms with van der Waals surface area (Å²) in [5.74, 6) is 0.118. The van der Waals surface area contributed by atoms with Crippen LogP contribution < -0.4 is 0 Å². The van der Waals surface area contributed by atoms with Crippen LogP contribution in [0.1, 0.15) is 370 Å². The van der Waals surface area contributed by atoms with E-state index in [0.29, 0.717) is 25.7 Å². The van der Waals surface area contributed by atoms with Crippen molar-refractivity contribution >= 4 is 39.5 Å². The number of aliphatic hydroxyl groups is 1. The number of hydrogen-bond donors (Lipinski definition) is 3. The summed E-state index contributed by atoms with van der Waals surface area (Å²) >= 11 is 0. The number of esters is 4. The summed E-state index contributed by atoms with van der Waals surface area (Å²) in [4.78, 5) is 72.7. The molecule has 17 nitrogen and oxygen atoms in total. The molecule has 3 N–H and O–H groups in total. The van der Waals surface area contributed by atoms with E-state index < -0.39 is 97.5 Å². The molecule has 0 heterocycles. The lowest BCUT2D eigenvalue weighted by Crippen LogP contribution is -2.30. The molecule has 0 aromatic carbocycles. The summed E-state index contributed by atoms with van der Waals surface area (Å²) in [6.45, 7) is 11.8. The molecule has 0 aliphatic carbocycles. The number of ether oxygens (including phenoxy) is 4. The fourth-order valence-corrected chi connectivity index (χ4v) is 12.7. The third kappa shape index (κ3) is 66.7. The fraction of sp³-hybridized carbons (Fsp3) is 0.945. The van der Waals surface area contributed by atoms with E-state index in [9.17, 15) is 43.2 Å². The molecule has 0 rings (SSSR count). The third-order valence-electron chi connectivity index (χ3n) is 16.9. The number of aliphatic hydroxyl groups excluding tert-OH is 1. The summed E-state index contributed by atoms with van der Waals surface area (Å²) in [6.07, 6.45) is 48.5. The van der Waals surface area contributed by atoms with E-state index in [-0.39, 0.29) is 25.7 Å². The Hall–Kier alpha value is -1.94. The lowest BCUT2D eigenvalue weighted by Gasteiger charge is -2.21. The second-order valence-electron chi connectivity index (χ2n) is 27.8. The van der Waals surface area contributed by atoms with Crippen LogP contribution in [0.2, 0.25) is 0 Å². The van der Waals surface area contributed by atoms with Crippen molar-refractivity contribution in [3.05, 3.63) is 0 Å². The topological polar surface area (TPSA) is 237 Å². The van der Waals surface area contributed by atoms with Crippen LogP contribution in [0.25, 0.3) is 0 Å². The molecule has 0 aliphatic rings. The highest BCUT2D eigenvalue weighted by atomic mass is 31.2. The minimum Gasteiger partial charge on any atom is -0.462 e. The van der Waals surface area contributed by atoms with Gasteiger partial charge in [0, 0.05) is 25.7 Å². The Balaban J connectivity index is 5.26. The van der Waals surface area contributed by atoms with Crippen molar-refractivity contribution in [3.8, 4) is 0 Å². The smallest absolute Gasteiger partial charge is 0.462 e. The molecular formula is C73H142O17P2. The van der Waals surface area contributed by atoms with Crippen LogP contribution in [-0.4, -0.2) is 96.7 Å². The highest BCUT2D eigenvalue weighted by Crippen LogP contribution is 2.45. The van der Waals surface area contributed by atoms with Gasteiger partial charge in [-0.2, -0.15) is 0 Å². The van der Waals surface area contributed by atoms with E-state index in [1.165, 1.54) is 180 Å². The predicted molar refractivity (Wildman–Crippen MR) is 372 cm³/mol. The fourth-order valence-electron chi connectivity index (χ4n) is 11.1. The van der Waals surface area contributed by atoms with Crippen LogP contribution in [0.4, 0.5) is 0 Å². The number of unbranched alkanes of at least 4 members (excludes halogenated alkanes) is 39. The maximum absolute atomic E-state index is 13.1. The van der Waals surface area contributed by atoms with Crippen LogP contribution >= 0.6 is 15.6 Å². The van der Waals surface area contributed by atoms with Gasteiger partial charge in [0.15, 0.2) is 12.2 Å². The standard InChI is InChI=1S/C73H142O17P2/c1-8-9-10-11-12-13-14-15-16-20-25-33-40-47-54-70(75)83-60-68(89-72(77)56-49-42-35-26-21-18-17-19-23-30-37-44-51-64(2)3)62-87-91(79,80)85-58-67(74)59-86-92(81,82)88-63-69(61-84-71(76)55-48-41-34-29-28-32-39-46-53-66(6)7)90-73(78)57-50-43-36-27-22-24-31-38-45-52-65(4)5/h64-69,74H,8-63H2,1-7H3,(H,79,80)(H,81,82)/t67-,68-,69-/m1/s1. The molecule has 92 heavy (non-hydrogen) atoms. The largest absolute Gasteiger partial charge is 0.472 e. The van der Waals surface area contributed by atoms with Crippen LogP contribution in [0.15, 0.2) is 0 Å². The lowest BCUT2D eigenvalue weighted by molar-refractivity contribution is -0.161. The maximum atomic E-state index is 13.1. The number of phosphoric acid groups is 2. The highest BCUT2D eigenvalue weighted by Gasteiger charge is 2.30. The van der Waals surface area contributed by atoms with E-state index in [2.05, 4.69) is 48.5 Å². The van der Waals surface area contributed by atoms with E-state index in [1.807, 2.05) is 0 Å². The Kier molecular flexibility index (Phi) is 62.4. The number of hydrogen-bond acceptors (Lipinski definition) is 15. The van der Waals surface area contributed by atoms with Crippen molar-refractivity contribution in [3.63, 3.8) is 0 Å². The first kappa shape index (κ1) is 90.1. The minimum absolute atomic E-state index is 0.105. The monoisotopic (exact) mass is 1350 g/mol. The Morgan fingerprint density at radius 3 is 0.739 bits per heavy atom. The van der Waals surface area contributed by atoms with E-state index in [0.717, 1.165) is 108 Å². The molecule has 5 atom stereocenters. The van der Waals surface area contributed by atoms with Crippen molar-refractivity contribution in [1.29, 1.82) is 0 Å². The number of rotatable bonds is 71. The third-order valence-corrected chi connectivity index (χ3v) is 18.8. The maximum Gasteiger partial charge on any atom is 0.472 e. The summed E-state index contributed by atoms with van der Waals surface area (Å²) in [5.41, 5.74) is 0. The number of carbonyl (C=O) groups is 4. The Bertz CT molecular complexity index is 1800. The van der Waals surface area contributed by atoms with Gasteiger partial charge in [0.1, 0.15) is 19.3 Å². The average molecular weight is 1350 g/mol. The Morgan fingerprint density at radius 2 is 0.500 bits per heavy atom. The molecule has 0 amide bonds. The van der Waals surface area contributed by atoms with Gasteiger partial charge in [0.25, 0.3) is 0 Å². The van der Waals surface area contributed by atoms with Gasteiger partial charge >= 0.3 is 39.5 Å². The molecule has 0 bridgehead atoms. The van der Waals surface area contributed by atoms with Gasteiger partial charge in [-0.15, -0.1) is 0 Å². The molecule has 0 saturated heterocycles. The quantitative estimate of drug-likeness (QED) is 0.0222. The van der Waals surface area contributed by atoms with Crippen molar-refractivity contribution in [2.45, 2.75) is 388 Å². The van der Waals surface area contributed by atoms with Crippen molar-refractivity contribution in [2.75, 3.05) is 39.6 Å². The molecule has 0 aliphatic heterocycles. The summed E-state index contributed by atoms with van der Waals surface area (Å²) < 4.78 is 68.4. The van der Waals surface area contributed by atoms with Crippen molar-refractivity contribution < 1.29 is 80.2 Å². The zero-order valence-electron chi connectivity index (χ0n) is 60.0. The lowest BCUT2D eigenvalue weighted by atomic mass is 10.0. The second-order valence-corrected chi connectivity index (χ2v) is 30.7. The minimum atomic E-state index is -4.95. The van der Waals surface area contributed by atoms with Crippen LogP contribution in [0, 0.1) is 17.8 Å². The zero-order chi connectivity index (χ0) is 68.0. The van der Waals surface area contributed by atoms with Gasteiger partial charge in [-0.1, -0.05) is 318 Å². The Morgan fingerprint density at radius 1 is 0.293 bits per heavy atom. The molecular weight excluding hydrogens is 1210 g/mol. The number of carbonyl (C=O) groups excluding carboxylic acids is 4. The van der Waals surface area contributed by atoms with Crippen molar-refractivity contribution in [2.24, 2.45) is 17.8 Å². The van der Waals surface area contributed by atoms with Crippen LogP contribution in [-0.2, 0) is 65.4 Å². The van der Waals surface area contributed by atoms with Gasteiger partial charge in [-0.25, -0.2) is 9.13 Å². The predicted octanol–water partition coefficient (Wildman–Crippen LogP) is 21.0. The van der Waals surface area contributed by atoms with Gasteiger partial charge in [0.05, 0.1) is 26.4 Å². The average Bonchev–Trinajstić information content (AvgIpc) is 2.01. The van der Waals surface area contributed by atoms with E-state index in [1.54, 1.807) is 0 Å². The normalized spacial score (nSPS) is 14.1. The molecule has 2 unspecified atom stereocenters. The molecule has 546 valence electrons. The number of phosphoric ester groups is 2. The van der Waals surface area contributed by atoms with Gasteiger partial charge in [-0.3, -0.25) is 37.3 Å². The molecule has 0 aromatic rings. The zero-order valence-corrected chi connectivity index (χ0v) is 61.8. The summed E-state index contributed by atoms with van der Waals surface area (Å²) in [6, 6.07) is 0. The SMILES string of the molecule is CCCCCCCCCCCCCCCCC(=O)OC[C@H](COP(=O)(O)OC[C@@H](O)COP(=O)(O)OC[C@@H](COC(=O)CCCCCCCCCCC(C)C)OC(=O)CCCCCCCCCCCC(C)C)OC(=O)CCCCCCCCCCCCCCC(C)C. The summed E-state index contributed by atoms with van der Waals surface area (Å²) in [5, 5.41) is 10.6. The van der Waals surface area contributed by atoms with Crippen molar-refractivity contribution in [1.82, 2.24) is 0 Å². The summed E-state index contributed by atoms with van der Waals surface area (Å²) in [7, 11) is -9.91. The first-order chi connectivity index (χ1) is 44.2.